The van der Waals surface area contributed by atoms with E-state index in [0.29, 0.717) is 12.4 Å². The van der Waals surface area contributed by atoms with Gasteiger partial charge in [0.1, 0.15) is 0 Å². The fraction of sp³-hybridized carbons (Fsp3) is 0.545. The Morgan fingerprint density at radius 1 is 1.69 bits per heavy atom. The Hall–Kier alpha value is -1.05. The topological polar surface area (TPSA) is 26.3 Å². The largest absolute Gasteiger partial charge is 0.490 e. The van der Waals surface area contributed by atoms with Crippen LogP contribution in [0, 0.1) is 0 Å². The van der Waals surface area contributed by atoms with Gasteiger partial charge in [-0.15, -0.1) is 0 Å². The maximum Gasteiger partial charge on any atom is 0.222 e. The van der Waals surface area contributed by atoms with E-state index in [4.69, 9.17) is 4.74 Å². The number of hydrogen-bond donors (Lipinski definition) is 0. The molecule has 1 aliphatic heterocycles. The Bertz CT molecular complexity index is 249. The highest BCUT2D eigenvalue weighted by Crippen LogP contribution is 2.16. The number of carbonyl (C=O) groups is 1. The predicted octanol–water partition coefficient (Wildman–Crippen LogP) is 2.61. The molecule has 0 spiro atoms. The summed E-state index contributed by atoms with van der Waals surface area (Å²) in [7, 11) is 0. The Morgan fingerprint density at radius 3 is 2.92 bits per heavy atom. The molecule has 72 valence electrons. The maximum absolute atomic E-state index is 11.7. The molecule has 1 rings (SSSR count). The summed E-state index contributed by atoms with van der Waals surface area (Å²) in [5.74, 6) is 0.603. The zero-order chi connectivity index (χ0) is 9.68. The molecule has 0 amide bonds. The van der Waals surface area contributed by atoms with Gasteiger partial charge >= 0.3 is 0 Å². The van der Waals surface area contributed by atoms with Gasteiger partial charge in [0.2, 0.25) is 5.78 Å². The van der Waals surface area contributed by atoms with Gasteiger partial charge in [-0.3, -0.25) is 4.79 Å². The van der Waals surface area contributed by atoms with Crippen LogP contribution in [0.5, 0.6) is 0 Å². The molecule has 0 aromatic heterocycles. The van der Waals surface area contributed by atoms with Crippen LogP contribution in [0.2, 0.25) is 0 Å². The standard InChI is InChI=1S/C11H16O2/c1-3-9(4-2)11(12)10-7-5-6-8-13-10/h3,7H,4-6,8H2,1-2H3. The lowest BCUT2D eigenvalue weighted by molar-refractivity contribution is -0.115. The number of allylic oxidation sites excluding steroid dienone is 3. The molecule has 1 heterocycles. The Balaban J connectivity index is 2.71. The number of ketones is 1. The number of hydrogen-bond acceptors (Lipinski definition) is 2. The first kappa shape index (κ1) is 10.0. The molecule has 0 N–H and O–H groups in total. The molecule has 0 unspecified atom stereocenters. The SMILES string of the molecule is CC=C(CC)C(=O)C1=CCCCO1. The van der Waals surface area contributed by atoms with Crippen molar-refractivity contribution >= 4 is 5.78 Å². The van der Waals surface area contributed by atoms with Crippen LogP contribution in [0.15, 0.2) is 23.5 Å². The van der Waals surface area contributed by atoms with Gasteiger partial charge in [0.05, 0.1) is 6.61 Å². The molecule has 0 aromatic rings. The molecule has 13 heavy (non-hydrogen) atoms. The van der Waals surface area contributed by atoms with E-state index >= 15 is 0 Å². The smallest absolute Gasteiger partial charge is 0.222 e. The van der Waals surface area contributed by atoms with Crippen molar-refractivity contribution in [3.8, 4) is 0 Å². The zero-order valence-electron chi connectivity index (χ0n) is 8.30. The van der Waals surface area contributed by atoms with Crippen LogP contribution < -0.4 is 0 Å². The van der Waals surface area contributed by atoms with Crippen LogP contribution in [0.1, 0.15) is 33.1 Å². The van der Waals surface area contributed by atoms with E-state index in [1.807, 2.05) is 26.0 Å². The van der Waals surface area contributed by atoms with Crippen molar-refractivity contribution in [1.82, 2.24) is 0 Å². The number of carbonyl (C=O) groups excluding carboxylic acids is 1. The lowest BCUT2D eigenvalue weighted by Crippen LogP contribution is -2.12. The van der Waals surface area contributed by atoms with Gasteiger partial charge in [0.15, 0.2) is 5.76 Å². The fourth-order valence-corrected chi connectivity index (χ4v) is 1.37. The van der Waals surface area contributed by atoms with Crippen LogP contribution in [0.4, 0.5) is 0 Å². The molecular weight excluding hydrogens is 164 g/mol. The highest BCUT2D eigenvalue weighted by molar-refractivity contribution is 6.06. The molecule has 2 heteroatoms. The summed E-state index contributed by atoms with van der Waals surface area (Å²) in [4.78, 5) is 11.7. The van der Waals surface area contributed by atoms with E-state index in [1.165, 1.54) is 0 Å². The number of Topliss-reactive ketones (excluding diaryl/α,β-unsaturated/α-hetero) is 1. The van der Waals surface area contributed by atoms with Gasteiger partial charge in [-0.25, -0.2) is 0 Å². The molecule has 0 saturated carbocycles. The monoisotopic (exact) mass is 180 g/mol. The zero-order valence-corrected chi connectivity index (χ0v) is 8.30. The summed E-state index contributed by atoms with van der Waals surface area (Å²) in [6.07, 6.45) is 6.51. The third-order valence-corrected chi connectivity index (χ3v) is 2.18. The van der Waals surface area contributed by atoms with Crippen molar-refractivity contribution in [3.63, 3.8) is 0 Å². The average Bonchev–Trinajstić information content (AvgIpc) is 2.21. The van der Waals surface area contributed by atoms with Crippen LogP contribution >= 0.6 is 0 Å². The summed E-state index contributed by atoms with van der Waals surface area (Å²) < 4.78 is 5.30. The Labute approximate surface area is 79.3 Å². The van der Waals surface area contributed by atoms with Crippen molar-refractivity contribution in [1.29, 1.82) is 0 Å². The van der Waals surface area contributed by atoms with Gasteiger partial charge < -0.3 is 4.74 Å². The quantitative estimate of drug-likeness (QED) is 0.624. The highest BCUT2D eigenvalue weighted by atomic mass is 16.5. The van der Waals surface area contributed by atoms with E-state index in [1.54, 1.807) is 0 Å². The molecule has 0 aliphatic carbocycles. The van der Waals surface area contributed by atoms with Crippen LogP contribution in [0.3, 0.4) is 0 Å². The average molecular weight is 180 g/mol. The van der Waals surface area contributed by atoms with Crippen LogP contribution in [-0.2, 0) is 9.53 Å². The normalized spacial score (nSPS) is 17.7. The second kappa shape index (κ2) is 4.85. The second-order valence-electron chi connectivity index (χ2n) is 3.06. The van der Waals surface area contributed by atoms with Gasteiger partial charge in [-0.1, -0.05) is 13.0 Å². The third kappa shape index (κ3) is 2.44. The molecular formula is C11H16O2. The van der Waals surface area contributed by atoms with Crippen LogP contribution in [0.25, 0.3) is 0 Å². The minimum atomic E-state index is 0.0599. The van der Waals surface area contributed by atoms with Crippen molar-refractivity contribution in [2.45, 2.75) is 33.1 Å². The molecule has 0 saturated heterocycles. The van der Waals surface area contributed by atoms with Crippen molar-refractivity contribution in [3.05, 3.63) is 23.5 Å². The summed E-state index contributed by atoms with van der Waals surface area (Å²) in [6.45, 7) is 4.55. The third-order valence-electron chi connectivity index (χ3n) is 2.18. The first-order valence-corrected chi connectivity index (χ1v) is 4.82. The van der Waals surface area contributed by atoms with Crippen LogP contribution in [-0.4, -0.2) is 12.4 Å². The first-order chi connectivity index (χ1) is 6.29. The number of rotatable bonds is 3. The molecule has 2 nitrogen and oxygen atoms in total. The molecule has 0 aromatic carbocycles. The molecule has 1 aliphatic rings. The lowest BCUT2D eigenvalue weighted by atomic mass is 10.1. The molecule has 0 radical (unpaired) electrons. The van der Waals surface area contributed by atoms with E-state index in [-0.39, 0.29) is 5.78 Å². The highest BCUT2D eigenvalue weighted by Gasteiger charge is 2.16. The van der Waals surface area contributed by atoms with E-state index < -0.39 is 0 Å². The molecule has 0 atom stereocenters. The fourth-order valence-electron chi connectivity index (χ4n) is 1.37. The summed E-state index contributed by atoms with van der Waals surface area (Å²) in [5.41, 5.74) is 0.841. The lowest BCUT2D eigenvalue weighted by Gasteiger charge is -2.14. The van der Waals surface area contributed by atoms with Gasteiger partial charge in [0.25, 0.3) is 0 Å². The van der Waals surface area contributed by atoms with Crippen molar-refractivity contribution < 1.29 is 9.53 Å². The summed E-state index contributed by atoms with van der Waals surface area (Å²) in [5, 5.41) is 0. The predicted molar refractivity (Wildman–Crippen MR) is 52.3 cm³/mol. The summed E-state index contributed by atoms with van der Waals surface area (Å²) >= 11 is 0. The molecule has 0 fully saturated rings. The second-order valence-corrected chi connectivity index (χ2v) is 3.06. The van der Waals surface area contributed by atoms with Crippen molar-refractivity contribution in [2.75, 3.05) is 6.61 Å². The van der Waals surface area contributed by atoms with Gasteiger partial charge in [-0.05, 0) is 37.8 Å². The Kier molecular flexibility index (Phi) is 3.74. The van der Waals surface area contributed by atoms with Gasteiger partial charge in [-0.2, -0.15) is 0 Å². The molecule has 0 bridgehead atoms. The van der Waals surface area contributed by atoms with Gasteiger partial charge in [0, 0.05) is 0 Å². The maximum atomic E-state index is 11.7. The number of ether oxygens (including phenoxy) is 1. The minimum Gasteiger partial charge on any atom is -0.490 e. The van der Waals surface area contributed by atoms with Crippen molar-refractivity contribution in [2.24, 2.45) is 0 Å². The van der Waals surface area contributed by atoms with E-state index in [0.717, 1.165) is 24.8 Å². The minimum absolute atomic E-state index is 0.0599. The first-order valence-electron chi connectivity index (χ1n) is 4.82. The Morgan fingerprint density at radius 2 is 2.46 bits per heavy atom. The van der Waals surface area contributed by atoms with E-state index in [2.05, 4.69) is 0 Å². The van der Waals surface area contributed by atoms with E-state index in [9.17, 15) is 4.79 Å². The summed E-state index contributed by atoms with van der Waals surface area (Å²) in [6, 6.07) is 0.